The summed E-state index contributed by atoms with van der Waals surface area (Å²) in [7, 11) is 0. The van der Waals surface area contributed by atoms with Crippen molar-refractivity contribution < 1.29 is 0 Å². The summed E-state index contributed by atoms with van der Waals surface area (Å²) in [5, 5.41) is 0. The molecular weight excluding hydrogens is 273 g/mol. The molecule has 0 bridgehead atoms. The van der Waals surface area contributed by atoms with Gasteiger partial charge in [0.1, 0.15) is 0 Å². The Morgan fingerprint density at radius 3 is 3.08 bits per heavy atom. The lowest BCUT2D eigenvalue weighted by atomic mass is 10.0. The normalized spacial score (nSPS) is 15.7. The van der Waals surface area contributed by atoms with Gasteiger partial charge in [-0.1, -0.05) is 6.07 Å². The Bertz CT molecular complexity index is 309. The van der Waals surface area contributed by atoms with E-state index in [-0.39, 0.29) is 0 Å². The van der Waals surface area contributed by atoms with Crippen molar-refractivity contribution in [3.05, 3.63) is 27.3 Å². The highest BCUT2D eigenvalue weighted by molar-refractivity contribution is 14.1. The standard InChI is InChI=1S/C11H14IN/c1-2-13-7-3-4-9-5-6-10(12)8-11(9)13/h5-6,8H,2-4,7H2,1H3. The summed E-state index contributed by atoms with van der Waals surface area (Å²) in [6.07, 6.45) is 2.56. The van der Waals surface area contributed by atoms with Crippen LogP contribution < -0.4 is 4.90 Å². The van der Waals surface area contributed by atoms with Gasteiger partial charge in [-0.15, -0.1) is 0 Å². The fourth-order valence-electron chi connectivity index (χ4n) is 1.95. The molecule has 1 heterocycles. The zero-order chi connectivity index (χ0) is 9.26. The fraction of sp³-hybridized carbons (Fsp3) is 0.455. The van der Waals surface area contributed by atoms with Crippen LogP contribution in [0.25, 0.3) is 0 Å². The lowest BCUT2D eigenvalue weighted by Gasteiger charge is -2.30. The molecule has 1 nitrogen and oxygen atoms in total. The Hall–Kier alpha value is -0.250. The van der Waals surface area contributed by atoms with Gasteiger partial charge < -0.3 is 4.90 Å². The molecule has 0 amide bonds. The molecule has 2 heteroatoms. The highest BCUT2D eigenvalue weighted by Crippen LogP contribution is 2.28. The number of fused-ring (bicyclic) bond motifs is 1. The molecule has 0 saturated carbocycles. The van der Waals surface area contributed by atoms with E-state index in [2.05, 4.69) is 52.6 Å². The molecule has 0 atom stereocenters. The summed E-state index contributed by atoms with van der Waals surface area (Å²) in [5.41, 5.74) is 2.98. The molecule has 0 spiro atoms. The number of halogens is 1. The molecular formula is C11H14IN. The third-order valence-electron chi connectivity index (χ3n) is 2.64. The van der Waals surface area contributed by atoms with E-state index in [0.717, 1.165) is 6.54 Å². The first-order valence-corrected chi connectivity index (χ1v) is 5.92. The van der Waals surface area contributed by atoms with Crippen molar-refractivity contribution in [1.29, 1.82) is 0 Å². The minimum absolute atomic E-state index is 1.13. The van der Waals surface area contributed by atoms with Crippen molar-refractivity contribution >= 4 is 28.3 Å². The third-order valence-corrected chi connectivity index (χ3v) is 3.31. The molecule has 1 aromatic carbocycles. The average Bonchev–Trinajstić information content (AvgIpc) is 2.17. The molecule has 2 rings (SSSR count). The summed E-state index contributed by atoms with van der Waals surface area (Å²) in [4.78, 5) is 2.47. The topological polar surface area (TPSA) is 3.24 Å². The number of hydrogen-bond donors (Lipinski definition) is 0. The highest BCUT2D eigenvalue weighted by Gasteiger charge is 2.14. The second-order valence-electron chi connectivity index (χ2n) is 3.46. The van der Waals surface area contributed by atoms with Crippen molar-refractivity contribution in [3.63, 3.8) is 0 Å². The lowest BCUT2D eigenvalue weighted by Crippen LogP contribution is -2.28. The van der Waals surface area contributed by atoms with Gasteiger partial charge in [0.05, 0.1) is 0 Å². The van der Waals surface area contributed by atoms with E-state index in [0.29, 0.717) is 0 Å². The van der Waals surface area contributed by atoms with Crippen LogP contribution in [0.3, 0.4) is 0 Å². The van der Waals surface area contributed by atoms with Crippen LogP contribution in [-0.2, 0) is 6.42 Å². The first-order chi connectivity index (χ1) is 6.31. The molecule has 1 aromatic rings. The van der Waals surface area contributed by atoms with Crippen LogP contribution in [0.1, 0.15) is 18.9 Å². The Balaban J connectivity index is 2.41. The van der Waals surface area contributed by atoms with Gasteiger partial charge in [-0.25, -0.2) is 0 Å². The van der Waals surface area contributed by atoms with Gasteiger partial charge in [0.2, 0.25) is 0 Å². The van der Waals surface area contributed by atoms with Gasteiger partial charge in [-0.3, -0.25) is 0 Å². The Kier molecular flexibility index (Phi) is 2.77. The summed E-state index contributed by atoms with van der Waals surface area (Å²) in [6.45, 7) is 4.59. The number of aryl methyl sites for hydroxylation is 1. The number of benzene rings is 1. The van der Waals surface area contributed by atoms with Gasteiger partial charge in [0.25, 0.3) is 0 Å². The Morgan fingerprint density at radius 2 is 2.31 bits per heavy atom. The minimum atomic E-state index is 1.13. The van der Waals surface area contributed by atoms with E-state index >= 15 is 0 Å². The maximum absolute atomic E-state index is 2.47. The van der Waals surface area contributed by atoms with E-state index in [4.69, 9.17) is 0 Å². The van der Waals surface area contributed by atoms with Gasteiger partial charge in [-0.2, -0.15) is 0 Å². The molecule has 0 aliphatic carbocycles. The van der Waals surface area contributed by atoms with E-state index in [1.165, 1.54) is 34.2 Å². The maximum atomic E-state index is 2.47. The monoisotopic (exact) mass is 287 g/mol. The molecule has 0 N–H and O–H groups in total. The second kappa shape index (κ2) is 3.86. The second-order valence-corrected chi connectivity index (χ2v) is 4.70. The first kappa shape index (κ1) is 9.31. The van der Waals surface area contributed by atoms with Crippen LogP contribution in [0.4, 0.5) is 5.69 Å². The first-order valence-electron chi connectivity index (χ1n) is 4.84. The fourth-order valence-corrected chi connectivity index (χ4v) is 2.43. The van der Waals surface area contributed by atoms with Crippen molar-refractivity contribution in [2.24, 2.45) is 0 Å². The van der Waals surface area contributed by atoms with Crippen LogP contribution in [-0.4, -0.2) is 13.1 Å². The summed E-state index contributed by atoms with van der Waals surface area (Å²) >= 11 is 2.39. The van der Waals surface area contributed by atoms with Crippen LogP contribution in [0.15, 0.2) is 18.2 Å². The third kappa shape index (κ3) is 1.82. The zero-order valence-corrected chi connectivity index (χ0v) is 10.0. The summed E-state index contributed by atoms with van der Waals surface area (Å²) in [6, 6.07) is 6.79. The molecule has 70 valence electrons. The van der Waals surface area contributed by atoms with E-state index in [1.54, 1.807) is 0 Å². The number of nitrogens with zero attached hydrogens (tertiary/aromatic N) is 1. The minimum Gasteiger partial charge on any atom is -0.372 e. The van der Waals surface area contributed by atoms with E-state index < -0.39 is 0 Å². The predicted octanol–water partition coefficient (Wildman–Crippen LogP) is 3.06. The molecule has 13 heavy (non-hydrogen) atoms. The molecule has 1 aliphatic rings. The molecule has 0 saturated heterocycles. The van der Waals surface area contributed by atoms with Crippen LogP contribution in [0.5, 0.6) is 0 Å². The molecule has 0 unspecified atom stereocenters. The molecule has 0 radical (unpaired) electrons. The van der Waals surface area contributed by atoms with Crippen molar-refractivity contribution in [2.75, 3.05) is 18.0 Å². The molecule has 0 aromatic heterocycles. The SMILES string of the molecule is CCN1CCCc2ccc(I)cc21. The summed E-state index contributed by atoms with van der Waals surface area (Å²) in [5.74, 6) is 0. The summed E-state index contributed by atoms with van der Waals surface area (Å²) < 4.78 is 1.34. The molecule has 1 aliphatic heterocycles. The maximum Gasteiger partial charge on any atom is 0.0409 e. The van der Waals surface area contributed by atoms with Crippen molar-refractivity contribution in [2.45, 2.75) is 19.8 Å². The van der Waals surface area contributed by atoms with E-state index in [9.17, 15) is 0 Å². The molecule has 0 fully saturated rings. The van der Waals surface area contributed by atoms with Crippen molar-refractivity contribution in [3.8, 4) is 0 Å². The smallest absolute Gasteiger partial charge is 0.0409 e. The van der Waals surface area contributed by atoms with E-state index in [1.807, 2.05) is 0 Å². The average molecular weight is 287 g/mol. The Labute approximate surface area is 93.3 Å². The predicted molar refractivity (Wildman–Crippen MR) is 65.4 cm³/mol. The lowest BCUT2D eigenvalue weighted by molar-refractivity contribution is 0.707. The van der Waals surface area contributed by atoms with Gasteiger partial charge in [-0.05, 0) is 60.1 Å². The van der Waals surface area contributed by atoms with Crippen LogP contribution >= 0.6 is 22.6 Å². The quantitative estimate of drug-likeness (QED) is 0.718. The highest BCUT2D eigenvalue weighted by atomic mass is 127. The van der Waals surface area contributed by atoms with Gasteiger partial charge in [0.15, 0.2) is 0 Å². The largest absolute Gasteiger partial charge is 0.372 e. The number of anilines is 1. The van der Waals surface area contributed by atoms with Gasteiger partial charge in [0, 0.05) is 22.3 Å². The zero-order valence-electron chi connectivity index (χ0n) is 7.89. The number of rotatable bonds is 1. The van der Waals surface area contributed by atoms with Crippen LogP contribution in [0, 0.1) is 3.57 Å². The van der Waals surface area contributed by atoms with Gasteiger partial charge >= 0.3 is 0 Å². The Morgan fingerprint density at radius 1 is 1.46 bits per heavy atom. The van der Waals surface area contributed by atoms with Crippen molar-refractivity contribution in [1.82, 2.24) is 0 Å². The van der Waals surface area contributed by atoms with Crippen LogP contribution in [0.2, 0.25) is 0 Å². The number of hydrogen-bond acceptors (Lipinski definition) is 1.